The number of hydrogen-bond donors (Lipinski definition) is 3. The van der Waals surface area contributed by atoms with Crippen molar-refractivity contribution in [1.82, 2.24) is 4.98 Å². The van der Waals surface area contributed by atoms with Gasteiger partial charge < -0.3 is 20.7 Å². The second-order valence-electron chi connectivity index (χ2n) is 5.46. The van der Waals surface area contributed by atoms with E-state index in [9.17, 15) is 9.59 Å². The van der Waals surface area contributed by atoms with Gasteiger partial charge in [0.1, 0.15) is 18.0 Å². The van der Waals surface area contributed by atoms with E-state index in [1.54, 1.807) is 12.1 Å². The van der Waals surface area contributed by atoms with Gasteiger partial charge in [-0.15, -0.1) is 0 Å². The van der Waals surface area contributed by atoms with Crippen molar-refractivity contribution in [2.24, 2.45) is 0 Å². The van der Waals surface area contributed by atoms with Crippen molar-refractivity contribution in [1.29, 1.82) is 0 Å². The van der Waals surface area contributed by atoms with E-state index >= 15 is 0 Å². The number of anilines is 2. The third-order valence-corrected chi connectivity index (χ3v) is 3.71. The number of aromatic nitrogens is 1. The Morgan fingerprint density at radius 1 is 1.00 bits per heavy atom. The highest BCUT2D eigenvalue weighted by Gasteiger charge is 2.21. The van der Waals surface area contributed by atoms with Crippen LogP contribution in [0.1, 0.15) is 5.56 Å². The number of benzene rings is 2. The highest BCUT2D eigenvalue weighted by molar-refractivity contribution is 5.97. The van der Waals surface area contributed by atoms with E-state index in [0.717, 1.165) is 10.8 Å². The first-order valence-corrected chi connectivity index (χ1v) is 7.90. The van der Waals surface area contributed by atoms with Gasteiger partial charge in [0.25, 0.3) is 0 Å². The van der Waals surface area contributed by atoms with Gasteiger partial charge in [-0.05, 0) is 23.4 Å². The van der Waals surface area contributed by atoms with Crippen LogP contribution in [0.4, 0.5) is 21.0 Å². The standard InChI is InChI=1S/C18H15N3O7/c19-14-5-6-16(13-4-2-1-3-12(13)14)26-10-11-7-8-20-9-15(11)21(27-17(22)23)28-18(24)25/h1-9H,10,19H2,(H,22,23)(H,24,25). The number of rotatable bonds is 6. The molecule has 0 aliphatic heterocycles. The fourth-order valence-electron chi connectivity index (χ4n) is 2.54. The number of ether oxygens (including phenoxy) is 1. The second-order valence-corrected chi connectivity index (χ2v) is 5.46. The first-order valence-electron chi connectivity index (χ1n) is 7.90. The van der Waals surface area contributed by atoms with Crippen LogP contribution in [0.5, 0.6) is 5.75 Å². The normalized spacial score (nSPS) is 10.3. The summed E-state index contributed by atoms with van der Waals surface area (Å²) in [5.74, 6) is 0.539. The van der Waals surface area contributed by atoms with Crippen LogP contribution in [0.3, 0.4) is 0 Å². The summed E-state index contributed by atoms with van der Waals surface area (Å²) < 4.78 is 5.85. The lowest BCUT2D eigenvalue weighted by Crippen LogP contribution is -2.30. The molecule has 3 aromatic rings. The van der Waals surface area contributed by atoms with Crippen molar-refractivity contribution in [2.75, 3.05) is 11.0 Å². The minimum atomic E-state index is -1.76. The largest absolute Gasteiger partial charge is 0.533 e. The fourth-order valence-corrected chi connectivity index (χ4v) is 2.54. The molecular formula is C18H15N3O7. The van der Waals surface area contributed by atoms with Gasteiger partial charge in [0, 0.05) is 28.2 Å². The van der Waals surface area contributed by atoms with Gasteiger partial charge in [-0.25, -0.2) is 9.59 Å². The molecule has 0 radical (unpaired) electrons. The number of nitrogens with two attached hydrogens (primary N) is 1. The van der Waals surface area contributed by atoms with E-state index in [1.165, 1.54) is 18.5 Å². The molecule has 0 unspecified atom stereocenters. The molecule has 0 amide bonds. The van der Waals surface area contributed by atoms with Crippen molar-refractivity contribution in [3.63, 3.8) is 0 Å². The molecule has 2 aromatic carbocycles. The van der Waals surface area contributed by atoms with Gasteiger partial charge >= 0.3 is 12.3 Å². The van der Waals surface area contributed by atoms with Crippen LogP contribution in [-0.4, -0.2) is 27.5 Å². The maximum absolute atomic E-state index is 10.8. The zero-order chi connectivity index (χ0) is 20.1. The summed E-state index contributed by atoms with van der Waals surface area (Å²) in [6.07, 6.45) is -0.905. The molecule has 0 saturated carbocycles. The summed E-state index contributed by atoms with van der Waals surface area (Å²) in [5, 5.41) is 19.4. The topological polar surface area (TPSA) is 144 Å². The quantitative estimate of drug-likeness (QED) is 0.426. The highest BCUT2D eigenvalue weighted by Crippen LogP contribution is 2.31. The van der Waals surface area contributed by atoms with Crippen LogP contribution < -0.4 is 15.7 Å². The molecule has 28 heavy (non-hydrogen) atoms. The molecule has 0 aliphatic rings. The van der Waals surface area contributed by atoms with Crippen LogP contribution in [0.25, 0.3) is 10.8 Å². The van der Waals surface area contributed by atoms with Gasteiger partial charge in [0.15, 0.2) is 0 Å². The number of carbonyl (C=O) groups is 2. The Morgan fingerprint density at radius 3 is 2.36 bits per heavy atom. The zero-order valence-corrected chi connectivity index (χ0v) is 14.3. The SMILES string of the molecule is Nc1ccc(OCc2ccncc2N(OC(=O)O)OC(=O)O)c2ccccc12. The van der Waals surface area contributed by atoms with E-state index < -0.39 is 12.3 Å². The van der Waals surface area contributed by atoms with Crippen LogP contribution in [0.15, 0.2) is 54.9 Å². The van der Waals surface area contributed by atoms with Gasteiger partial charge in [0.2, 0.25) is 0 Å². The Balaban J connectivity index is 1.89. The van der Waals surface area contributed by atoms with Crippen molar-refractivity contribution in [3.8, 4) is 5.75 Å². The van der Waals surface area contributed by atoms with Gasteiger partial charge in [0.05, 0.1) is 6.20 Å². The van der Waals surface area contributed by atoms with E-state index in [4.69, 9.17) is 20.7 Å². The van der Waals surface area contributed by atoms with Crippen LogP contribution >= 0.6 is 0 Å². The average molecular weight is 385 g/mol. The molecule has 1 aromatic heterocycles. The van der Waals surface area contributed by atoms with E-state index in [1.807, 2.05) is 24.3 Å². The Morgan fingerprint density at radius 2 is 1.68 bits per heavy atom. The smallest absolute Gasteiger partial charge is 0.488 e. The van der Waals surface area contributed by atoms with Crippen LogP contribution in [-0.2, 0) is 16.3 Å². The van der Waals surface area contributed by atoms with Gasteiger partial charge in [-0.1, -0.05) is 24.3 Å². The lowest BCUT2D eigenvalue weighted by molar-refractivity contribution is -0.0458. The minimum Gasteiger partial charge on any atom is -0.488 e. The molecule has 0 saturated heterocycles. The van der Waals surface area contributed by atoms with E-state index in [-0.39, 0.29) is 17.5 Å². The van der Waals surface area contributed by atoms with Crippen LogP contribution in [0.2, 0.25) is 0 Å². The summed E-state index contributed by atoms with van der Waals surface area (Å²) >= 11 is 0. The van der Waals surface area contributed by atoms with E-state index in [0.29, 0.717) is 17.0 Å². The number of hydrogen-bond acceptors (Lipinski definition) is 8. The Labute approximate surface area is 158 Å². The predicted octanol–water partition coefficient (Wildman–Crippen LogP) is 3.42. The molecule has 0 bridgehead atoms. The Bertz CT molecular complexity index is 1010. The monoisotopic (exact) mass is 385 g/mol. The molecule has 0 spiro atoms. The molecule has 0 fully saturated rings. The average Bonchev–Trinajstić information content (AvgIpc) is 2.67. The molecular weight excluding hydrogens is 370 g/mol. The maximum atomic E-state index is 10.8. The molecule has 10 nitrogen and oxygen atoms in total. The second kappa shape index (κ2) is 7.99. The van der Waals surface area contributed by atoms with E-state index in [2.05, 4.69) is 14.7 Å². The van der Waals surface area contributed by atoms with Crippen molar-refractivity contribution >= 4 is 34.5 Å². The Kier molecular flexibility index (Phi) is 5.30. The number of pyridine rings is 1. The first kappa shape index (κ1) is 18.6. The summed E-state index contributed by atoms with van der Waals surface area (Å²) in [5.41, 5.74) is 6.90. The number of nitrogens with zero attached hydrogens (tertiary/aromatic N) is 2. The summed E-state index contributed by atoms with van der Waals surface area (Å²) in [7, 11) is 0. The zero-order valence-electron chi connectivity index (χ0n) is 14.3. The lowest BCUT2D eigenvalue weighted by Gasteiger charge is -2.20. The van der Waals surface area contributed by atoms with Crippen molar-refractivity contribution < 1.29 is 34.2 Å². The minimum absolute atomic E-state index is 0.0474. The molecule has 10 heteroatoms. The molecule has 3 rings (SSSR count). The Hall–Kier alpha value is -4.21. The molecule has 0 aliphatic carbocycles. The number of fused-ring (bicyclic) bond motifs is 1. The molecule has 1 heterocycles. The van der Waals surface area contributed by atoms with Crippen LogP contribution in [0, 0.1) is 0 Å². The maximum Gasteiger partial charge on any atom is 0.533 e. The highest BCUT2D eigenvalue weighted by atomic mass is 17.0. The summed E-state index contributed by atoms with van der Waals surface area (Å²) in [4.78, 5) is 34.2. The third kappa shape index (κ3) is 4.12. The van der Waals surface area contributed by atoms with Crippen molar-refractivity contribution in [2.45, 2.75) is 6.61 Å². The van der Waals surface area contributed by atoms with Crippen molar-refractivity contribution in [3.05, 3.63) is 60.4 Å². The van der Waals surface area contributed by atoms with Gasteiger partial charge in [-0.3, -0.25) is 14.7 Å². The summed E-state index contributed by atoms with van der Waals surface area (Å²) in [6, 6.07) is 12.3. The third-order valence-electron chi connectivity index (χ3n) is 3.71. The van der Waals surface area contributed by atoms with Gasteiger partial charge in [-0.2, -0.15) is 0 Å². The number of nitrogen functional groups attached to an aromatic ring is 1. The molecule has 0 atom stereocenters. The fraction of sp³-hybridized carbons (Fsp3) is 0.0556. The summed E-state index contributed by atoms with van der Waals surface area (Å²) in [6.45, 7) is -0.0474. The lowest BCUT2D eigenvalue weighted by atomic mass is 10.1. The molecule has 4 N–H and O–H groups in total. The number of carboxylic acid groups (broad SMARTS) is 2. The molecule has 144 valence electrons. The predicted molar refractivity (Wildman–Crippen MR) is 97.6 cm³/mol. The first-order chi connectivity index (χ1) is 13.5.